The van der Waals surface area contributed by atoms with Gasteiger partial charge in [-0.05, 0) is 63.3 Å². The molecule has 7 nitrogen and oxygen atoms in total. The van der Waals surface area contributed by atoms with Gasteiger partial charge < -0.3 is 19.7 Å². The van der Waals surface area contributed by atoms with Gasteiger partial charge in [0.25, 0.3) is 5.69 Å². The smallest absolute Gasteiger partial charge is 0.269 e. The lowest BCUT2D eigenvalue weighted by Crippen LogP contribution is -2.46. The highest BCUT2D eigenvalue weighted by atomic mass is 16.6. The first-order chi connectivity index (χ1) is 13.2. The summed E-state index contributed by atoms with van der Waals surface area (Å²) in [6.45, 7) is 6.28. The van der Waals surface area contributed by atoms with Crippen molar-refractivity contribution in [2.45, 2.75) is 32.5 Å². The molecule has 0 saturated carbocycles. The Bertz CT molecular complexity index is 789. The Hall–Kier alpha value is -2.64. The van der Waals surface area contributed by atoms with Crippen molar-refractivity contribution in [1.82, 2.24) is 10.2 Å². The number of nitrogens with one attached hydrogen (secondary N) is 1. The van der Waals surface area contributed by atoms with E-state index < -0.39 is 4.92 Å². The maximum absolute atomic E-state index is 10.7. The van der Waals surface area contributed by atoms with E-state index in [9.17, 15) is 10.1 Å². The van der Waals surface area contributed by atoms with Crippen LogP contribution in [0.25, 0.3) is 0 Å². The van der Waals surface area contributed by atoms with Crippen LogP contribution in [0.4, 0.5) is 5.69 Å². The standard InChI is InChI=1S/C21H29N3O4/c1-21(2,23(3)4)15-22-13-17-8-11-19(20(12-17)27-5)28-14-16-6-9-18(10-7-16)24(25)26/h6-12,22H,13-15H2,1-5H3. The van der Waals surface area contributed by atoms with Gasteiger partial charge in [-0.25, -0.2) is 0 Å². The first-order valence-corrected chi connectivity index (χ1v) is 9.14. The first kappa shape index (κ1) is 21.7. The fourth-order valence-electron chi connectivity index (χ4n) is 2.49. The van der Waals surface area contributed by atoms with Crippen molar-refractivity contribution in [1.29, 1.82) is 0 Å². The third-order valence-corrected chi connectivity index (χ3v) is 4.87. The SMILES string of the molecule is COc1cc(CNCC(C)(C)N(C)C)ccc1OCc1ccc([N+](=O)[O-])cc1. The molecule has 7 heteroatoms. The van der Waals surface area contributed by atoms with Gasteiger partial charge in [0.2, 0.25) is 0 Å². The maximum Gasteiger partial charge on any atom is 0.269 e. The number of non-ortho nitro benzene ring substituents is 1. The number of benzene rings is 2. The molecule has 0 radical (unpaired) electrons. The van der Waals surface area contributed by atoms with E-state index in [0.29, 0.717) is 18.1 Å². The van der Waals surface area contributed by atoms with E-state index in [0.717, 1.165) is 24.2 Å². The number of nitro benzene ring substituents is 1. The van der Waals surface area contributed by atoms with Crippen molar-refractivity contribution in [2.75, 3.05) is 27.7 Å². The van der Waals surface area contributed by atoms with E-state index in [-0.39, 0.29) is 11.2 Å². The molecule has 0 aliphatic carbocycles. The van der Waals surface area contributed by atoms with E-state index in [1.165, 1.54) is 12.1 Å². The number of methoxy groups -OCH3 is 1. The molecule has 0 fully saturated rings. The highest BCUT2D eigenvalue weighted by molar-refractivity contribution is 5.43. The van der Waals surface area contributed by atoms with Gasteiger partial charge in [0.1, 0.15) is 6.61 Å². The predicted octanol–water partition coefficient (Wildman–Crippen LogP) is 3.61. The Balaban J connectivity index is 1.96. The van der Waals surface area contributed by atoms with Crippen LogP contribution in [0, 0.1) is 10.1 Å². The number of nitrogens with zero attached hydrogens (tertiary/aromatic N) is 2. The summed E-state index contributed by atoms with van der Waals surface area (Å²) in [5.74, 6) is 1.30. The summed E-state index contributed by atoms with van der Waals surface area (Å²) in [7, 11) is 5.75. The van der Waals surface area contributed by atoms with Crippen LogP contribution in [0.5, 0.6) is 11.5 Å². The van der Waals surface area contributed by atoms with Crippen LogP contribution in [0.2, 0.25) is 0 Å². The molecule has 0 aliphatic rings. The Morgan fingerprint density at radius 1 is 1.07 bits per heavy atom. The highest BCUT2D eigenvalue weighted by Gasteiger charge is 2.19. The number of nitro groups is 1. The number of rotatable bonds is 10. The largest absolute Gasteiger partial charge is 0.493 e. The van der Waals surface area contributed by atoms with E-state index in [1.54, 1.807) is 19.2 Å². The van der Waals surface area contributed by atoms with Crippen LogP contribution in [-0.2, 0) is 13.2 Å². The fraction of sp³-hybridized carbons (Fsp3) is 0.429. The minimum atomic E-state index is -0.417. The van der Waals surface area contributed by atoms with Crippen LogP contribution in [0.1, 0.15) is 25.0 Å². The second-order valence-corrected chi connectivity index (χ2v) is 7.51. The van der Waals surface area contributed by atoms with Crippen molar-refractivity contribution >= 4 is 5.69 Å². The topological polar surface area (TPSA) is 76.9 Å². The van der Waals surface area contributed by atoms with Gasteiger partial charge in [0, 0.05) is 30.8 Å². The van der Waals surface area contributed by atoms with Crippen molar-refractivity contribution in [2.24, 2.45) is 0 Å². The second-order valence-electron chi connectivity index (χ2n) is 7.51. The molecule has 0 aromatic heterocycles. The minimum Gasteiger partial charge on any atom is -0.493 e. The molecule has 0 saturated heterocycles. The molecule has 28 heavy (non-hydrogen) atoms. The summed E-state index contributed by atoms with van der Waals surface area (Å²) in [5, 5.41) is 14.2. The molecule has 2 aromatic carbocycles. The van der Waals surface area contributed by atoms with Crippen molar-refractivity contribution in [3.8, 4) is 11.5 Å². The van der Waals surface area contributed by atoms with Crippen LogP contribution >= 0.6 is 0 Å². The molecule has 152 valence electrons. The number of likely N-dealkylation sites (N-methyl/N-ethyl adjacent to an activating group) is 1. The third kappa shape index (κ3) is 5.94. The normalized spacial score (nSPS) is 11.5. The molecule has 2 rings (SSSR count). The second kappa shape index (κ2) is 9.52. The molecular formula is C21H29N3O4. The van der Waals surface area contributed by atoms with Gasteiger partial charge in [-0.1, -0.05) is 6.07 Å². The van der Waals surface area contributed by atoms with Crippen LogP contribution < -0.4 is 14.8 Å². The van der Waals surface area contributed by atoms with E-state index in [4.69, 9.17) is 9.47 Å². The minimum absolute atomic E-state index is 0.0654. The van der Waals surface area contributed by atoms with E-state index in [2.05, 4.69) is 38.2 Å². The molecule has 0 aliphatic heterocycles. The molecule has 0 unspecified atom stereocenters. The van der Waals surface area contributed by atoms with Crippen molar-refractivity contribution in [3.63, 3.8) is 0 Å². The lowest BCUT2D eigenvalue weighted by atomic mass is 10.0. The van der Waals surface area contributed by atoms with Gasteiger partial charge in [-0.2, -0.15) is 0 Å². The zero-order valence-electron chi connectivity index (χ0n) is 17.2. The van der Waals surface area contributed by atoms with Crippen LogP contribution in [-0.4, -0.2) is 43.1 Å². The van der Waals surface area contributed by atoms with Gasteiger partial charge in [-0.3, -0.25) is 10.1 Å². The monoisotopic (exact) mass is 387 g/mol. The number of hydrogen-bond donors (Lipinski definition) is 1. The quantitative estimate of drug-likeness (QED) is 0.496. The van der Waals surface area contributed by atoms with Crippen molar-refractivity contribution < 1.29 is 14.4 Å². The Morgan fingerprint density at radius 2 is 1.71 bits per heavy atom. The van der Waals surface area contributed by atoms with Crippen molar-refractivity contribution in [3.05, 3.63) is 63.7 Å². The summed E-state index contributed by atoms with van der Waals surface area (Å²) >= 11 is 0. The Morgan fingerprint density at radius 3 is 2.29 bits per heavy atom. The number of hydrogen-bond acceptors (Lipinski definition) is 6. The third-order valence-electron chi connectivity index (χ3n) is 4.87. The van der Waals surface area contributed by atoms with E-state index in [1.807, 2.05) is 18.2 Å². The van der Waals surface area contributed by atoms with E-state index >= 15 is 0 Å². The Labute approximate surface area is 166 Å². The lowest BCUT2D eigenvalue weighted by Gasteiger charge is -2.32. The van der Waals surface area contributed by atoms with Crippen LogP contribution in [0.3, 0.4) is 0 Å². The average molecular weight is 387 g/mol. The summed E-state index contributed by atoms with van der Waals surface area (Å²) in [4.78, 5) is 12.5. The molecule has 1 N–H and O–H groups in total. The summed E-state index contributed by atoms with van der Waals surface area (Å²) in [5.41, 5.74) is 2.09. The molecule has 0 amide bonds. The zero-order valence-corrected chi connectivity index (χ0v) is 17.2. The fourth-order valence-corrected chi connectivity index (χ4v) is 2.49. The lowest BCUT2D eigenvalue weighted by molar-refractivity contribution is -0.384. The predicted molar refractivity (Wildman–Crippen MR) is 110 cm³/mol. The molecule has 0 heterocycles. The van der Waals surface area contributed by atoms with Gasteiger partial charge >= 0.3 is 0 Å². The molecule has 0 atom stereocenters. The summed E-state index contributed by atoms with van der Waals surface area (Å²) in [6, 6.07) is 12.2. The van der Waals surface area contributed by atoms with Gasteiger partial charge in [0.15, 0.2) is 11.5 Å². The summed E-state index contributed by atoms with van der Waals surface area (Å²) < 4.78 is 11.3. The summed E-state index contributed by atoms with van der Waals surface area (Å²) in [6.07, 6.45) is 0. The zero-order chi connectivity index (χ0) is 20.7. The van der Waals surface area contributed by atoms with Crippen LogP contribution in [0.15, 0.2) is 42.5 Å². The molecular weight excluding hydrogens is 358 g/mol. The number of ether oxygens (including phenoxy) is 2. The molecule has 0 spiro atoms. The van der Waals surface area contributed by atoms with Gasteiger partial charge in [-0.15, -0.1) is 0 Å². The maximum atomic E-state index is 10.7. The van der Waals surface area contributed by atoms with Gasteiger partial charge in [0.05, 0.1) is 12.0 Å². The average Bonchev–Trinajstić information content (AvgIpc) is 2.66. The molecule has 0 bridgehead atoms. The highest BCUT2D eigenvalue weighted by Crippen LogP contribution is 2.29. The molecule has 2 aromatic rings. The first-order valence-electron chi connectivity index (χ1n) is 9.14. The Kier molecular flexibility index (Phi) is 7.37.